The van der Waals surface area contributed by atoms with E-state index >= 15 is 0 Å². The first-order chi connectivity index (χ1) is 13.6. The van der Waals surface area contributed by atoms with E-state index in [4.69, 9.17) is 14.2 Å². The number of hydrogen-bond donors (Lipinski definition) is 1. The first-order valence-electron chi connectivity index (χ1n) is 8.92. The fourth-order valence-corrected chi connectivity index (χ4v) is 3.11. The number of aliphatic hydroxyl groups is 1. The minimum absolute atomic E-state index is 0.000570. The molecule has 0 spiro atoms. The van der Waals surface area contributed by atoms with Crippen molar-refractivity contribution in [2.75, 3.05) is 27.5 Å². The van der Waals surface area contributed by atoms with Gasteiger partial charge in [0.2, 0.25) is 0 Å². The van der Waals surface area contributed by atoms with E-state index < -0.39 is 12.3 Å². The first kappa shape index (κ1) is 19.7. The third kappa shape index (κ3) is 3.94. The molecule has 0 fully saturated rings. The van der Waals surface area contributed by atoms with E-state index in [1.807, 2.05) is 48.5 Å². The van der Waals surface area contributed by atoms with Gasteiger partial charge in [0.1, 0.15) is 36.1 Å². The van der Waals surface area contributed by atoms with Crippen LogP contribution in [0.4, 0.5) is 4.39 Å². The molecule has 0 heterocycles. The zero-order valence-corrected chi connectivity index (χ0v) is 15.9. The Bertz CT molecular complexity index is 826. The van der Waals surface area contributed by atoms with Crippen LogP contribution < -0.4 is 14.2 Å². The normalized spacial score (nSPS) is 11.1. The van der Waals surface area contributed by atoms with Gasteiger partial charge in [-0.1, -0.05) is 36.4 Å². The third-order valence-corrected chi connectivity index (χ3v) is 4.63. The Balaban J connectivity index is 2.07. The van der Waals surface area contributed by atoms with Crippen molar-refractivity contribution in [1.82, 2.24) is 0 Å². The lowest BCUT2D eigenvalue weighted by Gasteiger charge is -2.30. The van der Waals surface area contributed by atoms with E-state index in [1.165, 1.54) is 0 Å². The zero-order valence-electron chi connectivity index (χ0n) is 15.9. The fourth-order valence-electron chi connectivity index (χ4n) is 3.11. The maximum absolute atomic E-state index is 12.3. The van der Waals surface area contributed by atoms with Gasteiger partial charge in [0.15, 0.2) is 0 Å². The summed E-state index contributed by atoms with van der Waals surface area (Å²) in [6, 6.07) is 21.6. The van der Waals surface area contributed by atoms with Crippen LogP contribution in [0, 0.1) is 0 Å². The smallest absolute Gasteiger partial charge is 0.140 e. The summed E-state index contributed by atoms with van der Waals surface area (Å²) in [4.78, 5) is 0. The number of methoxy groups -OCH3 is 2. The van der Waals surface area contributed by atoms with Crippen LogP contribution in [-0.4, -0.2) is 32.6 Å². The summed E-state index contributed by atoms with van der Waals surface area (Å²) in [5.41, 5.74) is 0.652. The maximum atomic E-state index is 12.3. The van der Waals surface area contributed by atoms with Crippen LogP contribution in [0.1, 0.15) is 16.7 Å². The molecular formula is C23H23FO4. The minimum Gasteiger partial charge on any atom is -0.497 e. The number of benzene rings is 3. The Kier molecular flexibility index (Phi) is 6.16. The van der Waals surface area contributed by atoms with E-state index in [-0.39, 0.29) is 6.61 Å². The van der Waals surface area contributed by atoms with Crippen LogP contribution >= 0.6 is 0 Å². The van der Waals surface area contributed by atoms with Crippen molar-refractivity contribution < 1.29 is 23.7 Å². The van der Waals surface area contributed by atoms with E-state index in [9.17, 15) is 9.50 Å². The average molecular weight is 382 g/mol. The van der Waals surface area contributed by atoms with Crippen LogP contribution in [0.2, 0.25) is 0 Å². The highest BCUT2D eigenvalue weighted by Crippen LogP contribution is 2.38. The molecule has 28 heavy (non-hydrogen) atoms. The summed E-state index contributed by atoms with van der Waals surface area (Å²) in [5, 5.41) is 11.8. The van der Waals surface area contributed by atoms with Crippen molar-refractivity contribution in [3.05, 3.63) is 89.5 Å². The monoisotopic (exact) mass is 382 g/mol. The lowest BCUT2D eigenvalue weighted by Crippen LogP contribution is -2.28. The lowest BCUT2D eigenvalue weighted by atomic mass is 9.80. The summed E-state index contributed by atoms with van der Waals surface area (Å²) in [6.07, 6.45) is 0. The summed E-state index contributed by atoms with van der Waals surface area (Å²) >= 11 is 0. The molecule has 0 aliphatic rings. The SMILES string of the molecule is COc1ccc(C(O)(c2ccc(OC)cc2)c2ccc(OCCF)cc2)cc1. The van der Waals surface area contributed by atoms with Gasteiger partial charge in [-0.25, -0.2) is 4.39 Å². The van der Waals surface area contributed by atoms with Crippen molar-refractivity contribution >= 4 is 0 Å². The van der Waals surface area contributed by atoms with Crippen LogP contribution in [0.15, 0.2) is 72.8 Å². The molecule has 0 saturated heterocycles. The van der Waals surface area contributed by atoms with E-state index in [0.29, 0.717) is 33.9 Å². The molecule has 4 nitrogen and oxygen atoms in total. The molecule has 1 N–H and O–H groups in total. The average Bonchev–Trinajstić information content (AvgIpc) is 2.77. The molecule has 3 aromatic carbocycles. The van der Waals surface area contributed by atoms with Crippen molar-refractivity contribution in [3.8, 4) is 17.2 Å². The van der Waals surface area contributed by atoms with Crippen LogP contribution in [0.25, 0.3) is 0 Å². The number of halogens is 1. The molecular weight excluding hydrogens is 359 g/mol. The van der Waals surface area contributed by atoms with Gasteiger partial charge in [0.25, 0.3) is 0 Å². The topological polar surface area (TPSA) is 47.9 Å². The molecule has 5 heteroatoms. The van der Waals surface area contributed by atoms with Gasteiger partial charge in [-0.05, 0) is 53.1 Å². The second-order valence-corrected chi connectivity index (χ2v) is 6.23. The van der Waals surface area contributed by atoms with Gasteiger partial charge >= 0.3 is 0 Å². The lowest BCUT2D eigenvalue weighted by molar-refractivity contribution is 0.125. The highest BCUT2D eigenvalue weighted by molar-refractivity contribution is 5.50. The van der Waals surface area contributed by atoms with Gasteiger partial charge in [0.05, 0.1) is 14.2 Å². The van der Waals surface area contributed by atoms with E-state index in [0.717, 1.165) is 0 Å². The zero-order chi connectivity index (χ0) is 20.0. The van der Waals surface area contributed by atoms with Gasteiger partial charge in [0, 0.05) is 0 Å². The highest BCUT2D eigenvalue weighted by atomic mass is 19.1. The number of rotatable bonds is 8. The predicted octanol–water partition coefficient (Wildman–Crippen LogP) is 4.34. The van der Waals surface area contributed by atoms with Crippen molar-refractivity contribution in [2.45, 2.75) is 5.60 Å². The molecule has 0 atom stereocenters. The van der Waals surface area contributed by atoms with E-state index in [1.54, 1.807) is 38.5 Å². The second kappa shape index (κ2) is 8.76. The molecule has 3 aromatic rings. The Morgan fingerprint density at radius 3 is 1.36 bits per heavy atom. The Hall–Kier alpha value is -3.05. The summed E-state index contributed by atoms with van der Waals surface area (Å²) in [7, 11) is 3.20. The first-order valence-corrected chi connectivity index (χ1v) is 8.92. The second-order valence-electron chi connectivity index (χ2n) is 6.23. The van der Waals surface area contributed by atoms with Gasteiger partial charge < -0.3 is 19.3 Å². The highest BCUT2D eigenvalue weighted by Gasteiger charge is 2.34. The van der Waals surface area contributed by atoms with E-state index in [2.05, 4.69) is 0 Å². The summed E-state index contributed by atoms with van der Waals surface area (Å²) < 4.78 is 28.1. The van der Waals surface area contributed by atoms with Crippen molar-refractivity contribution in [3.63, 3.8) is 0 Å². The van der Waals surface area contributed by atoms with Crippen LogP contribution in [0.5, 0.6) is 17.2 Å². The standard InChI is InChI=1S/C23H23FO4/c1-26-20-9-3-17(4-10-20)23(25,18-5-11-21(27-2)12-6-18)19-7-13-22(14-8-19)28-16-15-24/h3-14,25H,15-16H2,1-2H3. The predicted molar refractivity (Wildman–Crippen MR) is 106 cm³/mol. The van der Waals surface area contributed by atoms with Crippen molar-refractivity contribution in [2.24, 2.45) is 0 Å². The largest absolute Gasteiger partial charge is 0.497 e. The van der Waals surface area contributed by atoms with Crippen LogP contribution in [-0.2, 0) is 5.60 Å². The van der Waals surface area contributed by atoms with Gasteiger partial charge in [-0.2, -0.15) is 0 Å². The number of alkyl halides is 1. The third-order valence-electron chi connectivity index (χ3n) is 4.63. The Morgan fingerprint density at radius 2 is 1.04 bits per heavy atom. The number of ether oxygens (including phenoxy) is 3. The molecule has 0 aliphatic heterocycles. The summed E-state index contributed by atoms with van der Waals surface area (Å²) in [5.74, 6) is 1.96. The van der Waals surface area contributed by atoms with Gasteiger partial charge in [-0.15, -0.1) is 0 Å². The fraction of sp³-hybridized carbons (Fsp3) is 0.217. The Labute approximate surface area is 164 Å². The molecule has 0 saturated carbocycles. The minimum atomic E-state index is -1.39. The molecule has 3 rings (SSSR count). The quantitative estimate of drug-likeness (QED) is 0.589. The molecule has 0 aromatic heterocycles. The Morgan fingerprint density at radius 1 is 0.679 bits per heavy atom. The molecule has 0 bridgehead atoms. The molecule has 146 valence electrons. The molecule has 0 unspecified atom stereocenters. The molecule has 0 radical (unpaired) electrons. The van der Waals surface area contributed by atoms with Crippen LogP contribution in [0.3, 0.4) is 0 Å². The maximum Gasteiger partial charge on any atom is 0.140 e. The van der Waals surface area contributed by atoms with Crippen molar-refractivity contribution in [1.29, 1.82) is 0 Å². The molecule has 0 amide bonds. The summed E-state index contributed by atoms with van der Waals surface area (Å²) in [6.45, 7) is -0.552. The molecule has 0 aliphatic carbocycles. The van der Waals surface area contributed by atoms with Gasteiger partial charge in [-0.3, -0.25) is 0 Å². The number of hydrogen-bond acceptors (Lipinski definition) is 4.